The fourth-order valence-electron chi connectivity index (χ4n) is 2.72. The van der Waals surface area contributed by atoms with Crippen molar-refractivity contribution in [2.24, 2.45) is 4.99 Å². The second-order valence-corrected chi connectivity index (χ2v) is 6.90. The minimum atomic E-state index is -0.288. The second-order valence-electron chi connectivity index (χ2n) is 5.86. The molecule has 1 amide bonds. The van der Waals surface area contributed by atoms with Crippen LogP contribution in [0.1, 0.15) is 5.56 Å². The van der Waals surface area contributed by atoms with Crippen molar-refractivity contribution in [1.29, 1.82) is 0 Å². The summed E-state index contributed by atoms with van der Waals surface area (Å²) in [5.41, 5.74) is 2.44. The molecule has 3 aromatic rings. The molecule has 0 fully saturated rings. The minimum Gasteiger partial charge on any atom is -0.497 e. The molecule has 7 nitrogen and oxygen atoms in total. The quantitative estimate of drug-likeness (QED) is 0.677. The third kappa shape index (κ3) is 3.67. The van der Waals surface area contributed by atoms with Gasteiger partial charge in [-0.15, -0.1) is 0 Å². The zero-order valence-corrected chi connectivity index (χ0v) is 16.0. The molecule has 140 valence electrons. The number of fused-ring (bicyclic) bond motifs is 1. The maximum Gasteiger partial charge on any atom is 0.286 e. The van der Waals surface area contributed by atoms with E-state index in [2.05, 4.69) is 20.3 Å². The van der Waals surface area contributed by atoms with Gasteiger partial charge in [-0.25, -0.2) is 9.97 Å². The SMILES string of the molecule is COc1ccc(NC2=NC(=O)C(=Cc3ccc4ncncc4c3)S2)c(OC)c1. The number of anilines is 1. The van der Waals surface area contributed by atoms with Gasteiger partial charge in [-0.1, -0.05) is 6.07 Å². The predicted octanol–water partition coefficient (Wildman–Crippen LogP) is 3.73. The van der Waals surface area contributed by atoms with Gasteiger partial charge in [0.2, 0.25) is 0 Å². The Morgan fingerprint density at radius 2 is 2.00 bits per heavy atom. The summed E-state index contributed by atoms with van der Waals surface area (Å²) < 4.78 is 10.6. The van der Waals surface area contributed by atoms with Gasteiger partial charge in [0.05, 0.1) is 30.3 Å². The standard InChI is InChI=1S/C20H16N4O3S/c1-26-14-4-6-16(17(9-14)27-2)23-20-24-19(25)18(28-20)8-12-3-5-15-13(7-12)10-21-11-22-15/h3-11H,1-2H3,(H,23,24,25). The summed E-state index contributed by atoms with van der Waals surface area (Å²) in [5, 5.41) is 4.54. The van der Waals surface area contributed by atoms with E-state index < -0.39 is 0 Å². The lowest BCUT2D eigenvalue weighted by atomic mass is 10.1. The van der Waals surface area contributed by atoms with Gasteiger partial charge in [0.1, 0.15) is 17.8 Å². The topological polar surface area (TPSA) is 85.7 Å². The number of carbonyl (C=O) groups excluding carboxylic acids is 1. The Labute approximate surface area is 165 Å². The summed E-state index contributed by atoms with van der Waals surface area (Å²) in [5.74, 6) is 0.992. The number of amides is 1. The Hall–Kier alpha value is -3.39. The third-order valence-electron chi connectivity index (χ3n) is 4.10. The number of aromatic nitrogens is 2. The number of methoxy groups -OCH3 is 2. The van der Waals surface area contributed by atoms with Crippen molar-refractivity contribution in [3.8, 4) is 11.5 Å². The van der Waals surface area contributed by atoms with E-state index in [-0.39, 0.29) is 5.91 Å². The van der Waals surface area contributed by atoms with Gasteiger partial charge in [-0.2, -0.15) is 4.99 Å². The van der Waals surface area contributed by atoms with Crippen LogP contribution in [0, 0.1) is 0 Å². The molecule has 1 aromatic heterocycles. The van der Waals surface area contributed by atoms with Crippen LogP contribution in [0.25, 0.3) is 17.0 Å². The van der Waals surface area contributed by atoms with Crippen LogP contribution < -0.4 is 14.8 Å². The average Bonchev–Trinajstić information content (AvgIpc) is 3.06. The highest BCUT2D eigenvalue weighted by Gasteiger charge is 2.23. The summed E-state index contributed by atoms with van der Waals surface area (Å²) in [6.45, 7) is 0. The molecule has 0 radical (unpaired) electrons. The number of benzene rings is 2. The molecule has 2 heterocycles. The Morgan fingerprint density at radius 3 is 2.82 bits per heavy atom. The molecule has 1 aliphatic rings. The molecular formula is C20H16N4O3S. The number of nitrogens with one attached hydrogen (secondary N) is 1. The molecule has 0 bridgehead atoms. The predicted molar refractivity (Wildman–Crippen MR) is 111 cm³/mol. The summed E-state index contributed by atoms with van der Waals surface area (Å²) >= 11 is 1.28. The highest BCUT2D eigenvalue weighted by atomic mass is 32.2. The van der Waals surface area contributed by atoms with Gasteiger partial charge in [0, 0.05) is 17.6 Å². The van der Waals surface area contributed by atoms with Crippen molar-refractivity contribution in [2.45, 2.75) is 0 Å². The van der Waals surface area contributed by atoms with Crippen LogP contribution in [0.2, 0.25) is 0 Å². The number of hydrogen-bond donors (Lipinski definition) is 1. The number of nitrogens with zero attached hydrogens (tertiary/aromatic N) is 3. The maximum atomic E-state index is 12.3. The number of ether oxygens (including phenoxy) is 2. The molecule has 1 N–H and O–H groups in total. The van der Waals surface area contributed by atoms with Crippen LogP contribution in [0.4, 0.5) is 5.69 Å². The van der Waals surface area contributed by atoms with Gasteiger partial charge in [0.15, 0.2) is 5.17 Å². The lowest BCUT2D eigenvalue weighted by Crippen LogP contribution is -2.06. The molecule has 28 heavy (non-hydrogen) atoms. The van der Waals surface area contributed by atoms with E-state index >= 15 is 0 Å². The van der Waals surface area contributed by atoms with Crippen LogP contribution in [-0.4, -0.2) is 35.3 Å². The number of carbonyl (C=O) groups is 1. The molecule has 1 aliphatic heterocycles. The van der Waals surface area contributed by atoms with E-state index in [1.54, 1.807) is 32.5 Å². The zero-order valence-electron chi connectivity index (χ0n) is 15.2. The van der Waals surface area contributed by atoms with Crippen LogP contribution in [0.5, 0.6) is 11.5 Å². The Kier molecular flexibility index (Phi) is 4.94. The van der Waals surface area contributed by atoms with Crippen LogP contribution in [0.3, 0.4) is 0 Å². The smallest absolute Gasteiger partial charge is 0.286 e. The molecule has 0 atom stereocenters. The summed E-state index contributed by atoms with van der Waals surface area (Å²) in [6, 6.07) is 11.1. The first kappa shape index (κ1) is 18.0. The molecule has 0 unspecified atom stereocenters. The zero-order chi connectivity index (χ0) is 19.5. The fourth-order valence-corrected chi connectivity index (χ4v) is 3.55. The largest absolute Gasteiger partial charge is 0.497 e. The van der Waals surface area contributed by atoms with Crippen molar-refractivity contribution in [3.63, 3.8) is 0 Å². The maximum absolute atomic E-state index is 12.3. The third-order valence-corrected chi connectivity index (χ3v) is 5.00. The average molecular weight is 392 g/mol. The number of thioether (sulfide) groups is 1. The highest BCUT2D eigenvalue weighted by Crippen LogP contribution is 2.34. The Morgan fingerprint density at radius 1 is 1.11 bits per heavy atom. The van der Waals surface area contributed by atoms with E-state index in [0.29, 0.717) is 27.3 Å². The Balaban J connectivity index is 1.54. The summed E-state index contributed by atoms with van der Waals surface area (Å²) in [7, 11) is 3.16. The van der Waals surface area contributed by atoms with Gasteiger partial charge >= 0.3 is 0 Å². The van der Waals surface area contributed by atoms with Gasteiger partial charge in [-0.05, 0) is 47.7 Å². The molecular weight excluding hydrogens is 376 g/mol. The van der Waals surface area contributed by atoms with E-state index in [0.717, 1.165) is 16.5 Å². The van der Waals surface area contributed by atoms with E-state index in [1.807, 2.05) is 30.3 Å². The van der Waals surface area contributed by atoms with Crippen LogP contribution in [0.15, 0.2) is 58.8 Å². The lowest BCUT2D eigenvalue weighted by molar-refractivity contribution is -0.113. The molecule has 2 aromatic carbocycles. The van der Waals surface area contributed by atoms with Gasteiger partial charge in [0.25, 0.3) is 5.91 Å². The van der Waals surface area contributed by atoms with Crippen molar-refractivity contribution >= 4 is 45.5 Å². The van der Waals surface area contributed by atoms with E-state index in [1.165, 1.54) is 18.1 Å². The van der Waals surface area contributed by atoms with E-state index in [9.17, 15) is 4.79 Å². The normalized spacial score (nSPS) is 15.0. The molecule has 0 aliphatic carbocycles. The Bertz CT molecular complexity index is 1130. The van der Waals surface area contributed by atoms with Crippen molar-refractivity contribution in [3.05, 3.63) is 59.4 Å². The summed E-state index contributed by atoms with van der Waals surface area (Å²) in [6.07, 6.45) is 5.06. The molecule has 8 heteroatoms. The van der Waals surface area contributed by atoms with Gasteiger partial charge in [-0.3, -0.25) is 4.79 Å². The molecule has 4 rings (SSSR count). The molecule has 0 saturated carbocycles. The van der Waals surface area contributed by atoms with Gasteiger partial charge < -0.3 is 14.8 Å². The summed E-state index contributed by atoms with van der Waals surface area (Å²) in [4.78, 5) is 25.2. The van der Waals surface area contributed by atoms with Crippen molar-refractivity contribution in [1.82, 2.24) is 9.97 Å². The second kappa shape index (κ2) is 7.69. The monoisotopic (exact) mass is 392 g/mol. The first-order valence-corrected chi connectivity index (χ1v) is 9.19. The number of amidine groups is 1. The number of aliphatic imine (C=N–C) groups is 1. The van der Waals surface area contributed by atoms with Crippen molar-refractivity contribution in [2.75, 3.05) is 19.5 Å². The highest BCUT2D eigenvalue weighted by molar-refractivity contribution is 8.18. The van der Waals surface area contributed by atoms with Crippen LogP contribution in [-0.2, 0) is 4.79 Å². The first-order chi connectivity index (χ1) is 13.7. The number of hydrogen-bond acceptors (Lipinski definition) is 7. The van der Waals surface area contributed by atoms with E-state index in [4.69, 9.17) is 9.47 Å². The lowest BCUT2D eigenvalue weighted by Gasteiger charge is -2.11. The molecule has 0 saturated heterocycles. The minimum absolute atomic E-state index is 0.288. The van der Waals surface area contributed by atoms with Crippen LogP contribution >= 0.6 is 11.8 Å². The van der Waals surface area contributed by atoms with Crippen molar-refractivity contribution < 1.29 is 14.3 Å². The first-order valence-electron chi connectivity index (χ1n) is 8.37. The number of rotatable bonds is 4. The molecule has 0 spiro atoms. The fraction of sp³-hybridized carbons (Fsp3) is 0.100.